The van der Waals surface area contributed by atoms with Gasteiger partial charge in [-0.2, -0.15) is 0 Å². The van der Waals surface area contributed by atoms with E-state index >= 15 is 0 Å². The smallest absolute Gasteiger partial charge is 0.137 e. The van der Waals surface area contributed by atoms with Crippen molar-refractivity contribution in [2.75, 3.05) is 0 Å². The summed E-state index contributed by atoms with van der Waals surface area (Å²) in [6, 6.07) is 11.4. The molecule has 2 nitrogen and oxygen atoms in total. The van der Waals surface area contributed by atoms with Crippen LogP contribution in [0.5, 0.6) is 0 Å². The Morgan fingerprint density at radius 1 is 1.05 bits per heavy atom. The molecule has 0 aliphatic rings. The fourth-order valence-electron chi connectivity index (χ4n) is 2.05. The molecule has 3 rings (SSSR count). The second kappa shape index (κ2) is 6.29. The number of fused-ring (bicyclic) bond motifs is 1. The van der Waals surface area contributed by atoms with E-state index in [1.807, 2.05) is 61.7 Å². The van der Waals surface area contributed by atoms with Crippen LogP contribution >= 0.6 is 23.2 Å². The molecule has 0 saturated carbocycles. The summed E-state index contributed by atoms with van der Waals surface area (Å²) < 4.78 is 2.04. The number of aryl methyl sites for hydroxylation is 1. The molecule has 0 N–H and O–H groups in total. The van der Waals surface area contributed by atoms with E-state index in [1.165, 1.54) is 0 Å². The lowest BCUT2D eigenvalue weighted by Gasteiger charge is -2.03. The Bertz CT molecular complexity index is 732. The molecule has 2 heterocycles. The largest absolute Gasteiger partial charge is 0.304 e. The average molecular weight is 307 g/mol. The van der Waals surface area contributed by atoms with Gasteiger partial charge in [-0.3, -0.25) is 0 Å². The second-order valence-electron chi connectivity index (χ2n) is 4.10. The zero-order valence-corrected chi connectivity index (χ0v) is 13.2. The van der Waals surface area contributed by atoms with E-state index in [0.717, 1.165) is 22.6 Å². The van der Waals surface area contributed by atoms with Crippen molar-refractivity contribution in [3.63, 3.8) is 0 Å². The third kappa shape index (κ3) is 2.67. The van der Waals surface area contributed by atoms with Crippen molar-refractivity contribution in [3.8, 4) is 11.3 Å². The topological polar surface area (TPSA) is 17.3 Å². The number of hydrogen-bond donors (Lipinski definition) is 0. The monoisotopic (exact) mass is 306 g/mol. The van der Waals surface area contributed by atoms with Crippen LogP contribution in [0.25, 0.3) is 16.9 Å². The number of aromatic nitrogens is 2. The standard InChI is InChI=1S/C14H10Cl2N2.C2H6/c1-9-14(11-6-5-10(15)8-12(11)16)17-13-4-2-3-7-18(9)13;1-2/h2-8H,1H3;1-2H3. The molecule has 20 heavy (non-hydrogen) atoms. The third-order valence-electron chi connectivity index (χ3n) is 2.96. The van der Waals surface area contributed by atoms with E-state index in [4.69, 9.17) is 23.2 Å². The Hall–Kier alpha value is -1.51. The molecule has 0 fully saturated rings. The van der Waals surface area contributed by atoms with Crippen LogP contribution in [0.1, 0.15) is 19.5 Å². The molecule has 0 amide bonds. The Balaban J connectivity index is 0.000000704. The van der Waals surface area contributed by atoms with Gasteiger partial charge >= 0.3 is 0 Å². The molecule has 0 aliphatic heterocycles. The molecule has 2 aromatic heterocycles. The number of rotatable bonds is 1. The van der Waals surface area contributed by atoms with E-state index in [0.29, 0.717) is 10.0 Å². The lowest BCUT2D eigenvalue weighted by molar-refractivity contribution is 1.11. The normalized spacial score (nSPS) is 10.2. The summed E-state index contributed by atoms with van der Waals surface area (Å²) >= 11 is 12.1. The van der Waals surface area contributed by atoms with Crippen molar-refractivity contribution in [1.82, 2.24) is 9.38 Å². The van der Waals surface area contributed by atoms with Crippen molar-refractivity contribution in [1.29, 1.82) is 0 Å². The summed E-state index contributed by atoms with van der Waals surface area (Å²) in [7, 11) is 0. The van der Waals surface area contributed by atoms with Gasteiger partial charge in [-0.05, 0) is 37.3 Å². The zero-order valence-electron chi connectivity index (χ0n) is 11.7. The van der Waals surface area contributed by atoms with Crippen LogP contribution in [0.3, 0.4) is 0 Å². The predicted octanol–water partition coefficient (Wildman–Crippen LogP) is 5.64. The summed E-state index contributed by atoms with van der Waals surface area (Å²) in [5.41, 5.74) is 3.77. The van der Waals surface area contributed by atoms with Gasteiger partial charge in [-0.15, -0.1) is 0 Å². The van der Waals surface area contributed by atoms with Crippen LogP contribution in [-0.2, 0) is 0 Å². The fourth-order valence-corrected chi connectivity index (χ4v) is 2.55. The minimum atomic E-state index is 0.619. The Morgan fingerprint density at radius 2 is 1.80 bits per heavy atom. The van der Waals surface area contributed by atoms with Crippen molar-refractivity contribution < 1.29 is 0 Å². The molecule has 0 atom stereocenters. The highest BCUT2D eigenvalue weighted by Gasteiger charge is 2.12. The highest BCUT2D eigenvalue weighted by Crippen LogP contribution is 2.32. The molecular formula is C16H16Cl2N2. The van der Waals surface area contributed by atoms with E-state index in [2.05, 4.69) is 4.98 Å². The summed E-state index contributed by atoms with van der Waals surface area (Å²) in [6.07, 6.45) is 1.99. The van der Waals surface area contributed by atoms with Crippen molar-refractivity contribution >= 4 is 28.8 Å². The van der Waals surface area contributed by atoms with Crippen molar-refractivity contribution in [2.45, 2.75) is 20.8 Å². The lowest BCUT2D eigenvalue weighted by atomic mass is 10.1. The maximum Gasteiger partial charge on any atom is 0.137 e. The molecule has 104 valence electrons. The first kappa shape index (κ1) is 14.9. The van der Waals surface area contributed by atoms with Gasteiger partial charge in [0.1, 0.15) is 5.65 Å². The van der Waals surface area contributed by atoms with Gasteiger partial charge < -0.3 is 4.40 Å². The maximum atomic E-state index is 6.23. The molecule has 4 heteroatoms. The molecule has 0 saturated heterocycles. The molecule has 0 radical (unpaired) electrons. The summed E-state index contributed by atoms with van der Waals surface area (Å²) in [6.45, 7) is 6.03. The number of halogens is 2. The molecule has 1 aromatic carbocycles. The minimum Gasteiger partial charge on any atom is -0.304 e. The van der Waals surface area contributed by atoms with Gasteiger partial charge in [0.2, 0.25) is 0 Å². The Kier molecular flexibility index (Phi) is 4.69. The average Bonchev–Trinajstić information content (AvgIpc) is 2.79. The summed E-state index contributed by atoms with van der Waals surface area (Å²) in [5, 5.41) is 1.25. The van der Waals surface area contributed by atoms with Crippen LogP contribution in [0, 0.1) is 6.92 Å². The zero-order chi connectivity index (χ0) is 14.7. The van der Waals surface area contributed by atoms with E-state index in [-0.39, 0.29) is 0 Å². The van der Waals surface area contributed by atoms with Gasteiger partial charge in [-0.25, -0.2) is 4.98 Å². The molecule has 0 aliphatic carbocycles. The first-order valence-electron chi connectivity index (χ1n) is 6.56. The minimum absolute atomic E-state index is 0.619. The summed E-state index contributed by atoms with van der Waals surface area (Å²) in [4.78, 5) is 4.61. The van der Waals surface area contributed by atoms with Crippen molar-refractivity contribution in [2.24, 2.45) is 0 Å². The van der Waals surface area contributed by atoms with Crippen LogP contribution in [0.4, 0.5) is 0 Å². The van der Waals surface area contributed by atoms with Crippen LogP contribution in [0.15, 0.2) is 42.6 Å². The predicted molar refractivity (Wildman–Crippen MR) is 86.7 cm³/mol. The van der Waals surface area contributed by atoms with E-state index in [1.54, 1.807) is 6.07 Å². The Labute approximate surface area is 129 Å². The molecule has 0 spiro atoms. The van der Waals surface area contributed by atoms with Gasteiger partial charge in [0.25, 0.3) is 0 Å². The molecule has 3 aromatic rings. The van der Waals surface area contributed by atoms with Crippen molar-refractivity contribution in [3.05, 3.63) is 58.3 Å². The summed E-state index contributed by atoms with van der Waals surface area (Å²) in [5.74, 6) is 0. The SMILES string of the molecule is CC.Cc1c(-c2ccc(Cl)cc2Cl)nc2ccccn12. The van der Waals surface area contributed by atoms with Crippen LogP contribution in [0.2, 0.25) is 10.0 Å². The lowest BCUT2D eigenvalue weighted by Crippen LogP contribution is -1.86. The van der Waals surface area contributed by atoms with Gasteiger partial charge in [0.15, 0.2) is 0 Å². The number of imidazole rings is 1. The maximum absolute atomic E-state index is 6.23. The highest BCUT2D eigenvalue weighted by atomic mass is 35.5. The van der Waals surface area contributed by atoms with Gasteiger partial charge in [0.05, 0.1) is 10.7 Å². The molecular weight excluding hydrogens is 291 g/mol. The van der Waals surface area contributed by atoms with E-state index < -0.39 is 0 Å². The van der Waals surface area contributed by atoms with E-state index in [9.17, 15) is 0 Å². The number of pyridine rings is 1. The number of hydrogen-bond acceptors (Lipinski definition) is 1. The Morgan fingerprint density at radius 3 is 2.45 bits per heavy atom. The van der Waals surface area contributed by atoms with Gasteiger partial charge in [0, 0.05) is 22.5 Å². The highest BCUT2D eigenvalue weighted by molar-refractivity contribution is 6.36. The number of benzene rings is 1. The first-order chi connectivity index (χ1) is 9.66. The van der Waals surface area contributed by atoms with Gasteiger partial charge in [-0.1, -0.05) is 43.1 Å². The third-order valence-corrected chi connectivity index (χ3v) is 3.50. The second-order valence-corrected chi connectivity index (χ2v) is 4.94. The van der Waals surface area contributed by atoms with Crippen LogP contribution in [-0.4, -0.2) is 9.38 Å². The fraction of sp³-hybridized carbons (Fsp3) is 0.188. The number of nitrogens with zero attached hydrogens (tertiary/aromatic N) is 2. The first-order valence-corrected chi connectivity index (χ1v) is 7.31. The molecule has 0 unspecified atom stereocenters. The van der Waals surface area contributed by atoms with Crippen LogP contribution < -0.4 is 0 Å². The molecule has 0 bridgehead atoms. The quantitative estimate of drug-likeness (QED) is 0.568.